The topological polar surface area (TPSA) is 77.0 Å². The molecule has 0 spiro atoms. The third kappa shape index (κ3) is 4.54. The summed E-state index contributed by atoms with van der Waals surface area (Å²) in [6.07, 6.45) is 4.81. The van der Waals surface area contributed by atoms with E-state index < -0.39 is 0 Å². The Hall–Kier alpha value is -3.77. The number of nitrogens with one attached hydrogen (secondary N) is 1. The van der Waals surface area contributed by atoms with E-state index in [0.717, 1.165) is 16.7 Å². The fraction of sp³-hybridized carbons (Fsp3) is 0.0833. The van der Waals surface area contributed by atoms with Crippen LogP contribution in [0.25, 0.3) is 11.3 Å². The molecule has 2 aromatic carbocycles. The van der Waals surface area contributed by atoms with Crippen LogP contribution in [-0.2, 0) is 0 Å². The number of rotatable bonds is 5. The average Bonchev–Trinajstić information content (AvgIpc) is 2.80. The molecule has 0 bridgehead atoms. The van der Waals surface area contributed by atoms with Crippen LogP contribution in [0.15, 0.2) is 73.3 Å². The molecule has 2 aromatic heterocycles. The Balaban J connectivity index is 1.65. The van der Waals surface area contributed by atoms with Crippen LogP contribution in [0.2, 0.25) is 5.02 Å². The number of ether oxygens (including phenoxy) is 1. The first-order valence-electron chi connectivity index (χ1n) is 9.59. The Bertz CT molecular complexity index is 1230. The van der Waals surface area contributed by atoms with Crippen LogP contribution in [0, 0.1) is 13.8 Å². The zero-order valence-corrected chi connectivity index (χ0v) is 17.7. The maximum absolute atomic E-state index is 12.6. The zero-order valence-electron chi connectivity index (χ0n) is 17.0. The molecule has 0 unspecified atom stereocenters. The molecule has 0 aliphatic rings. The predicted octanol–water partition coefficient (Wildman–Crippen LogP) is 5.85. The van der Waals surface area contributed by atoms with Gasteiger partial charge in [0.15, 0.2) is 0 Å². The number of pyridine rings is 1. The number of hydrogen-bond acceptors (Lipinski definition) is 5. The molecule has 0 saturated carbocycles. The minimum absolute atomic E-state index is 0.228. The van der Waals surface area contributed by atoms with Crippen molar-refractivity contribution in [3.8, 4) is 22.9 Å². The predicted molar refractivity (Wildman–Crippen MR) is 121 cm³/mol. The summed E-state index contributed by atoms with van der Waals surface area (Å²) in [5.41, 5.74) is 4.34. The van der Waals surface area contributed by atoms with Gasteiger partial charge in [0.25, 0.3) is 5.91 Å². The fourth-order valence-corrected chi connectivity index (χ4v) is 3.26. The van der Waals surface area contributed by atoms with E-state index in [1.54, 1.807) is 42.7 Å². The molecular formula is C24H19ClN4O2. The van der Waals surface area contributed by atoms with Gasteiger partial charge >= 0.3 is 0 Å². The molecule has 4 aromatic rings. The number of carbonyl (C=O) groups is 1. The first kappa shape index (κ1) is 20.5. The summed E-state index contributed by atoms with van der Waals surface area (Å²) in [4.78, 5) is 25.3. The number of amides is 1. The van der Waals surface area contributed by atoms with Gasteiger partial charge in [-0.1, -0.05) is 17.7 Å². The number of carbonyl (C=O) groups excluding carboxylic acids is 1. The Morgan fingerprint density at radius 3 is 2.52 bits per heavy atom. The van der Waals surface area contributed by atoms with E-state index in [1.807, 2.05) is 38.1 Å². The molecule has 0 atom stereocenters. The lowest BCUT2D eigenvalue weighted by Gasteiger charge is -2.17. The van der Waals surface area contributed by atoms with E-state index in [-0.39, 0.29) is 5.91 Å². The van der Waals surface area contributed by atoms with E-state index in [1.165, 1.54) is 6.33 Å². The van der Waals surface area contributed by atoms with Gasteiger partial charge in [0.1, 0.15) is 12.1 Å². The fourth-order valence-electron chi connectivity index (χ4n) is 3.13. The van der Waals surface area contributed by atoms with Crippen molar-refractivity contribution in [3.05, 3.63) is 95.0 Å². The second kappa shape index (κ2) is 8.93. The molecule has 1 N–H and O–H groups in total. The zero-order chi connectivity index (χ0) is 21.8. The van der Waals surface area contributed by atoms with Gasteiger partial charge in [0, 0.05) is 34.2 Å². The molecule has 0 radical (unpaired) electrons. The monoisotopic (exact) mass is 430 g/mol. The summed E-state index contributed by atoms with van der Waals surface area (Å²) in [5.74, 6) is 0.825. The van der Waals surface area contributed by atoms with Crippen LogP contribution in [0.4, 0.5) is 5.69 Å². The van der Waals surface area contributed by atoms with Crippen molar-refractivity contribution in [2.45, 2.75) is 13.8 Å². The van der Waals surface area contributed by atoms with Crippen molar-refractivity contribution in [1.29, 1.82) is 0 Å². The smallest absolute Gasteiger partial charge is 0.255 e. The lowest BCUT2D eigenvalue weighted by Crippen LogP contribution is -2.13. The van der Waals surface area contributed by atoms with Gasteiger partial charge in [0.05, 0.1) is 11.3 Å². The second-order valence-corrected chi connectivity index (χ2v) is 7.33. The summed E-state index contributed by atoms with van der Waals surface area (Å²) >= 11 is 5.91. The number of halogens is 1. The third-order valence-corrected chi connectivity index (χ3v) is 5.04. The summed E-state index contributed by atoms with van der Waals surface area (Å²) in [6, 6.07) is 16.0. The van der Waals surface area contributed by atoms with E-state index in [9.17, 15) is 4.79 Å². The highest BCUT2D eigenvalue weighted by molar-refractivity contribution is 6.30. The SMILES string of the molecule is Cc1ccc(NC(=O)c2ccc(Cl)cc2)c(C)c1Oc1ncccc1-c1ccncn1. The highest BCUT2D eigenvalue weighted by atomic mass is 35.5. The van der Waals surface area contributed by atoms with Crippen molar-refractivity contribution in [3.63, 3.8) is 0 Å². The highest BCUT2D eigenvalue weighted by Crippen LogP contribution is 2.36. The van der Waals surface area contributed by atoms with E-state index >= 15 is 0 Å². The van der Waals surface area contributed by atoms with Crippen LogP contribution in [-0.4, -0.2) is 20.9 Å². The Morgan fingerprint density at radius 1 is 0.968 bits per heavy atom. The third-order valence-electron chi connectivity index (χ3n) is 4.79. The van der Waals surface area contributed by atoms with E-state index in [4.69, 9.17) is 16.3 Å². The normalized spacial score (nSPS) is 10.5. The molecule has 31 heavy (non-hydrogen) atoms. The number of hydrogen-bond donors (Lipinski definition) is 1. The van der Waals surface area contributed by atoms with Crippen LogP contribution in [0.1, 0.15) is 21.5 Å². The largest absolute Gasteiger partial charge is 0.438 e. The lowest BCUT2D eigenvalue weighted by molar-refractivity contribution is 0.102. The number of nitrogens with zero attached hydrogens (tertiary/aromatic N) is 3. The van der Waals surface area contributed by atoms with Gasteiger partial charge in [-0.3, -0.25) is 4.79 Å². The van der Waals surface area contributed by atoms with Crippen molar-refractivity contribution in [2.75, 3.05) is 5.32 Å². The van der Waals surface area contributed by atoms with E-state index in [2.05, 4.69) is 20.3 Å². The molecule has 2 heterocycles. The minimum Gasteiger partial charge on any atom is -0.438 e. The van der Waals surface area contributed by atoms with Gasteiger partial charge in [-0.2, -0.15) is 0 Å². The molecule has 0 saturated heterocycles. The minimum atomic E-state index is -0.228. The maximum atomic E-state index is 12.6. The molecule has 154 valence electrons. The molecule has 1 amide bonds. The Labute approximate surface area is 184 Å². The Kier molecular flexibility index (Phi) is 5.91. The lowest BCUT2D eigenvalue weighted by atomic mass is 10.1. The molecule has 0 aliphatic heterocycles. The molecule has 0 aliphatic carbocycles. The van der Waals surface area contributed by atoms with E-state index in [0.29, 0.717) is 33.6 Å². The highest BCUT2D eigenvalue weighted by Gasteiger charge is 2.16. The Morgan fingerprint density at radius 2 is 1.77 bits per heavy atom. The van der Waals surface area contributed by atoms with Crippen LogP contribution >= 0.6 is 11.6 Å². The molecule has 6 nitrogen and oxygen atoms in total. The quantitative estimate of drug-likeness (QED) is 0.429. The molecular weight excluding hydrogens is 412 g/mol. The van der Waals surface area contributed by atoms with Crippen molar-refractivity contribution in [2.24, 2.45) is 0 Å². The van der Waals surface area contributed by atoms with Crippen molar-refractivity contribution >= 4 is 23.2 Å². The summed E-state index contributed by atoms with van der Waals surface area (Å²) in [5, 5.41) is 3.52. The van der Waals surface area contributed by atoms with Gasteiger partial charge in [-0.15, -0.1) is 0 Å². The second-order valence-electron chi connectivity index (χ2n) is 6.90. The standard InChI is InChI=1S/C24H19ClN4O2/c1-15-5-10-20(29-23(30)17-6-8-18(25)9-7-17)16(2)22(15)31-24-19(4-3-12-27-24)21-11-13-26-14-28-21/h3-14H,1-2H3,(H,29,30). The van der Waals surface area contributed by atoms with Crippen LogP contribution in [0.3, 0.4) is 0 Å². The number of benzene rings is 2. The van der Waals surface area contributed by atoms with Crippen LogP contribution in [0.5, 0.6) is 11.6 Å². The molecule has 7 heteroatoms. The summed E-state index contributed by atoms with van der Waals surface area (Å²) in [6.45, 7) is 3.84. The van der Waals surface area contributed by atoms with Gasteiger partial charge in [0.2, 0.25) is 5.88 Å². The summed E-state index contributed by atoms with van der Waals surface area (Å²) in [7, 11) is 0. The van der Waals surface area contributed by atoms with Crippen LogP contribution < -0.4 is 10.1 Å². The van der Waals surface area contributed by atoms with Gasteiger partial charge < -0.3 is 10.1 Å². The first-order chi connectivity index (χ1) is 15.0. The van der Waals surface area contributed by atoms with Gasteiger partial charge in [-0.25, -0.2) is 15.0 Å². The number of aromatic nitrogens is 3. The van der Waals surface area contributed by atoms with Crippen molar-refractivity contribution < 1.29 is 9.53 Å². The molecule has 4 rings (SSSR count). The average molecular weight is 431 g/mol. The summed E-state index contributed by atoms with van der Waals surface area (Å²) < 4.78 is 6.23. The maximum Gasteiger partial charge on any atom is 0.255 e. The van der Waals surface area contributed by atoms with Crippen molar-refractivity contribution in [1.82, 2.24) is 15.0 Å². The van der Waals surface area contributed by atoms with Gasteiger partial charge in [-0.05, 0) is 67.9 Å². The number of aryl methyl sites for hydroxylation is 1. The molecule has 0 fully saturated rings. The first-order valence-corrected chi connectivity index (χ1v) is 9.97. The number of anilines is 1.